The molecule has 1 saturated heterocycles. The highest BCUT2D eigenvalue weighted by molar-refractivity contribution is 6.30. The highest BCUT2D eigenvalue weighted by atomic mass is 35.5. The zero-order chi connectivity index (χ0) is 16.5. The Morgan fingerprint density at radius 2 is 2.00 bits per heavy atom. The molecule has 2 aliphatic rings. The fourth-order valence-corrected chi connectivity index (χ4v) is 3.32. The molecule has 0 saturated carbocycles. The maximum atomic E-state index is 14.1. The summed E-state index contributed by atoms with van der Waals surface area (Å²) in [4.78, 5) is 2.28. The second-order valence-corrected chi connectivity index (χ2v) is 6.36. The van der Waals surface area contributed by atoms with Crippen LogP contribution in [0.3, 0.4) is 0 Å². The number of nitrogens with zero attached hydrogens (tertiary/aromatic N) is 1. The first-order chi connectivity index (χ1) is 11.7. The quantitative estimate of drug-likeness (QED) is 0.902. The second kappa shape index (κ2) is 6.49. The molecular weight excluding hydrogens is 331 g/mol. The minimum Gasteiger partial charge on any atom is -0.483 e. The lowest BCUT2D eigenvalue weighted by atomic mass is 10.1. The maximum absolute atomic E-state index is 14.1. The number of halogens is 2. The summed E-state index contributed by atoms with van der Waals surface area (Å²) in [5.74, 6) is 1.01. The van der Waals surface area contributed by atoms with Crippen molar-refractivity contribution >= 4 is 17.3 Å². The second-order valence-electron chi connectivity index (χ2n) is 5.92. The molecule has 6 heteroatoms. The molecule has 2 aliphatic heterocycles. The molecule has 0 aromatic heterocycles. The zero-order valence-corrected chi connectivity index (χ0v) is 13.9. The third kappa shape index (κ3) is 2.89. The molecule has 4 rings (SSSR count). The van der Waals surface area contributed by atoms with Crippen LogP contribution in [0, 0.1) is 5.82 Å². The van der Waals surface area contributed by atoms with Crippen LogP contribution in [0.5, 0.6) is 11.5 Å². The fraction of sp³-hybridized carbons (Fsp3) is 0.333. The molecular formula is C18H18ClFN2O2. The largest absolute Gasteiger partial charge is 0.483 e. The van der Waals surface area contributed by atoms with Crippen LogP contribution in [0.15, 0.2) is 36.4 Å². The minimum absolute atomic E-state index is 0.272. The van der Waals surface area contributed by atoms with E-state index < -0.39 is 6.10 Å². The van der Waals surface area contributed by atoms with E-state index in [1.807, 2.05) is 18.2 Å². The lowest BCUT2D eigenvalue weighted by Crippen LogP contribution is -2.43. The van der Waals surface area contributed by atoms with E-state index in [1.165, 1.54) is 6.07 Å². The highest BCUT2D eigenvalue weighted by Crippen LogP contribution is 2.43. The van der Waals surface area contributed by atoms with Gasteiger partial charge in [-0.2, -0.15) is 0 Å². The number of para-hydroxylation sites is 1. The van der Waals surface area contributed by atoms with E-state index in [0.29, 0.717) is 16.3 Å². The SMILES string of the molecule is Fc1cc(Cl)ccc1C1COc2c(cccc2N2CCNCC2)O1. The summed E-state index contributed by atoms with van der Waals surface area (Å²) in [6, 6.07) is 10.5. The minimum atomic E-state index is -0.479. The van der Waals surface area contributed by atoms with Crippen molar-refractivity contribution in [1.82, 2.24) is 5.32 Å². The van der Waals surface area contributed by atoms with Crippen LogP contribution in [0.25, 0.3) is 0 Å². The number of benzene rings is 2. The number of piperazine rings is 1. The molecule has 4 nitrogen and oxygen atoms in total. The van der Waals surface area contributed by atoms with E-state index in [9.17, 15) is 4.39 Å². The lowest BCUT2D eigenvalue weighted by Gasteiger charge is -2.34. The van der Waals surface area contributed by atoms with Crippen molar-refractivity contribution in [2.75, 3.05) is 37.7 Å². The Kier molecular flexibility index (Phi) is 4.21. The highest BCUT2D eigenvalue weighted by Gasteiger charge is 2.28. The van der Waals surface area contributed by atoms with Gasteiger partial charge in [0.1, 0.15) is 12.4 Å². The van der Waals surface area contributed by atoms with E-state index in [0.717, 1.165) is 37.6 Å². The van der Waals surface area contributed by atoms with Gasteiger partial charge in [0.2, 0.25) is 0 Å². The molecule has 1 atom stereocenters. The standard InChI is InChI=1S/C18H18ClFN2O2/c19-12-4-5-13(14(20)10-12)17-11-23-18-15(2-1-3-16(18)24-17)22-8-6-21-7-9-22/h1-5,10,17,21H,6-9,11H2. The molecule has 0 amide bonds. The molecule has 1 fully saturated rings. The first-order valence-corrected chi connectivity index (χ1v) is 8.43. The van der Waals surface area contributed by atoms with Crippen molar-refractivity contribution < 1.29 is 13.9 Å². The van der Waals surface area contributed by atoms with Crippen LogP contribution in [0.2, 0.25) is 5.02 Å². The fourth-order valence-electron chi connectivity index (χ4n) is 3.16. The van der Waals surface area contributed by atoms with E-state index >= 15 is 0 Å². The van der Waals surface area contributed by atoms with Gasteiger partial charge in [0.15, 0.2) is 17.6 Å². The van der Waals surface area contributed by atoms with Gasteiger partial charge in [0.05, 0.1) is 5.69 Å². The molecule has 126 valence electrons. The van der Waals surface area contributed by atoms with E-state index in [4.69, 9.17) is 21.1 Å². The van der Waals surface area contributed by atoms with Crippen LogP contribution in [0.4, 0.5) is 10.1 Å². The van der Waals surface area contributed by atoms with Crippen LogP contribution in [-0.4, -0.2) is 32.8 Å². The predicted octanol–water partition coefficient (Wildman–Crippen LogP) is 3.40. The Hall–Kier alpha value is -1.98. The molecule has 24 heavy (non-hydrogen) atoms. The average molecular weight is 349 g/mol. The van der Waals surface area contributed by atoms with Crippen molar-refractivity contribution in [1.29, 1.82) is 0 Å². The molecule has 2 aromatic rings. The number of rotatable bonds is 2. The van der Waals surface area contributed by atoms with E-state index in [2.05, 4.69) is 10.2 Å². The van der Waals surface area contributed by atoms with Gasteiger partial charge in [0.25, 0.3) is 0 Å². The summed E-state index contributed by atoms with van der Waals surface area (Å²) in [5.41, 5.74) is 1.49. The first-order valence-electron chi connectivity index (χ1n) is 8.05. The molecule has 1 N–H and O–H groups in total. The lowest BCUT2D eigenvalue weighted by molar-refractivity contribution is 0.0890. The van der Waals surface area contributed by atoms with Gasteiger partial charge < -0.3 is 19.7 Å². The zero-order valence-electron chi connectivity index (χ0n) is 13.1. The summed E-state index contributed by atoms with van der Waals surface area (Å²) in [6.07, 6.45) is -0.479. The summed E-state index contributed by atoms with van der Waals surface area (Å²) < 4.78 is 26.1. The van der Waals surface area contributed by atoms with Crippen LogP contribution in [0.1, 0.15) is 11.7 Å². The summed E-state index contributed by atoms with van der Waals surface area (Å²) in [5, 5.41) is 3.71. The summed E-state index contributed by atoms with van der Waals surface area (Å²) >= 11 is 5.82. The van der Waals surface area contributed by atoms with Gasteiger partial charge in [-0.1, -0.05) is 23.7 Å². The number of fused-ring (bicyclic) bond motifs is 1. The van der Waals surface area contributed by atoms with Crippen LogP contribution >= 0.6 is 11.6 Å². The smallest absolute Gasteiger partial charge is 0.184 e. The Bertz CT molecular complexity index is 750. The molecule has 1 unspecified atom stereocenters. The van der Waals surface area contributed by atoms with Crippen molar-refractivity contribution in [3.63, 3.8) is 0 Å². The van der Waals surface area contributed by atoms with Crippen LogP contribution < -0.4 is 19.7 Å². The van der Waals surface area contributed by atoms with Crippen molar-refractivity contribution in [2.45, 2.75) is 6.10 Å². The van der Waals surface area contributed by atoms with Gasteiger partial charge >= 0.3 is 0 Å². The number of hydrogen-bond donors (Lipinski definition) is 1. The molecule has 2 aromatic carbocycles. The van der Waals surface area contributed by atoms with E-state index in [1.54, 1.807) is 12.1 Å². The topological polar surface area (TPSA) is 33.7 Å². The Labute approximate surface area is 145 Å². The van der Waals surface area contributed by atoms with Crippen molar-refractivity contribution in [2.24, 2.45) is 0 Å². The molecule has 0 spiro atoms. The Morgan fingerprint density at radius 3 is 2.79 bits per heavy atom. The first kappa shape index (κ1) is 15.5. The average Bonchev–Trinajstić information content (AvgIpc) is 2.61. The maximum Gasteiger partial charge on any atom is 0.184 e. The third-order valence-corrected chi connectivity index (χ3v) is 4.61. The number of anilines is 1. The predicted molar refractivity (Wildman–Crippen MR) is 91.8 cm³/mol. The van der Waals surface area contributed by atoms with Gasteiger partial charge in [-0.15, -0.1) is 0 Å². The van der Waals surface area contributed by atoms with Crippen molar-refractivity contribution in [3.8, 4) is 11.5 Å². The molecule has 0 aliphatic carbocycles. The van der Waals surface area contributed by atoms with Gasteiger partial charge in [-0.05, 0) is 24.3 Å². The normalized spacial score (nSPS) is 20.1. The third-order valence-electron chi connectivity index (χ3n) is 4.37. The molecule has 0 bridgehead atoms. The molecule has 0 radical (unpaired) electrons. The summed E-state index contributed by atoms with van der Waals surface area (Å²) in [6.45, 7) is 4.02. The van der Waals surface area contributed by atoms with Crippen molar-refractivity contribution in [3.05, 3.63) is 52.8 Å². The van der Waals surface area contributed by atoms with E-state index in [-0.39, 0.29) is 12.4 Å². The number of hydrogen-bond acceptors (Lipinski definition) is 4. The van der Waals surface area contributed by atoms with Gasteiger partial charge in [-0.25, -0.2) is 4.39 Å². The van der Waals surface area contributed by atoms with Gasteiger partial charge in [-0.3, -0.25) is 0 Å². The Morgan fingerprint density at radius 1 is 1.17 bits per heavy atom. The molecule has 2 heterocycles. The monoisotopic (exact) mass is 348 g/mol. The van der Waals surface area contributed by atoms with Crippen LogP contribution in [-0.2, 0) is 0 Å². The number of nitrogens with one attached hydrogen (secondary N) is 1. The van der Waals surface area contributed by atoms with Gasteiger partial charge in [0, 0.05) is 36.8 Å². The number of ether oxygens (including phenoxy) is 2. The summed E-state index contributed by atoms with van der Waals surface area (Å²) in [7, 11) is 0. The Balaban J connectivity index is 1.61.